The van der Waals surface area contributed by atoms with Crippen LogP contribution in [0, 0.1) is 5.95 Å². The first-order valence-electron chi connectivity index (χ1n) is 5.82. The Morgan fingerprint density at radius 2 is 2.00 bits per heavy atom. The predicted molar refractivity (Wildman–Crippen MR) is 67.8 cm³/mol. The van der Waals surface area contributed by atoms with Crippen LogP contribution in [0.1, 0.15) is 39.2 Å². The zero-order chi connectivity index (χ0) is 14.7. The quantitative estimate of drug-likeness (QED) is 0.793. The summed E-state index contributed by atoms with van der Waals surface area (Å²) in [6.45, 7) is 1.71. The number of benzene rings is 1. The highest BCUT2D eigenvalue weighted by Gasteiger charge is 2.16. The molecule has 104 valence electrons. The van der Waals surface area contributed by atoms with Crippen LogP contribution >= 0.6 is 0 Å². The zero-order valence-electron chi connectivity index (χ0n) is 10.6. The normalized spacial score (nSPS) is 11.9. The number of amides is 1. The van der Waals surface area contributed by atoms with Crippen molar-refractivity contribution in [2.24, 2.45) is 0 Å². The van der Waals surface area contributed by atoms with Gasteiger partial charge >= 0.3 is 5.97 Å². The van der Waals surface area contributed by atoms with Crippen molar-refractivity contribution < 1.29 is 19.1 Å². The minimum absolute atomic E-state index is 0.160. The third kappa shape index (κ3) is 2.82. The molecule has 0 radical (unpaired) electrons. The molecular weight excluding hydrogens is 265 g/mol. The lowest BCUT2D eigenvalue weighted by Gasteiger charge is -2.13. The number of carbonyl (C=O) groups is 2. The molecule has 0 aliphatic rings. The molecule has 3 N–H and O–H groups in total. The van der Waals surface area contributed by atoms with Crippen molar-refractivity contribution in [2.45, 2.75) is 13.0 Å². The molecule has 0 saturated heterocycles. The van der Waals surface area contributed by atoms with Crippen molar-refractivity contribution >= 4 is 11.9 Å². The summed E-state index contributed by atoms with van der Waals surface area (Å²) in [7, 11) is 0. The lowest BCUT2D eigenvalue weighted by molar-refractivity contribution is 0.0696. The van der Waals surface area contributed by atoms with E-state index in [9.17, 15) is 14.0 Å². The van der Waals surface area contributed by atoms with Crippen molar-refractivity contribution in [3.8, 4) is 0 Å². The van der Waals surface area contributed by atoms with Crippen LogP contribution in [-0.4, -0.2) is 27.2 Å². The maximum absolute atomic E-state index is 13.2. The molecule has 0 fully saturated rings. The summed E-state index contributed by atoms with van der Waals surface area (Å²) in [5.41, 5.74) is 0.708. The summed E-state index contributed by atoms with van der Waals surface area (Å²) in [5.74, 6) is -2.41. The molecule has 0 aliphatic heterocycles. The Kier molecular flexibility index (Phi) is 3.79. The number of aromatic amines is 1. The number of carboxylic acids is 1. The lowest BCUT2D eigenvalue weighted by Crippen LogP contribution is -2.27. The van der Waals surface area contributed by atoms with Gasteiger partial charge in [0.15, 0.2) is 0 Å². The summed E-state index contributed by atoms with van der Waals surface area (Å²) in [6.07, 6.45) is 1.10. The number of aromatic carboxylic acids is 1. The Morgan fingerprint density at radius 3 is 2.50 bits per heavy atom. The number of nitrogens with one attached hydrogen (secondary N) is 2. The molecule has 1 aromatic heterocycles. The monoisotopic (exact) mass is 277 g/mol. The fourth-order valence-corrected chi connectivity index (χ4v) is 1.70. The maximum Gasteiger partial charge on any atom is 0.335 e. The molecule has 1 atom stereocenters. The molecule has 2 aromatic rings. The van der Waals surface area contributed by atoms with E-state index in [1.165, 1.54) is 12.1 Å². The minimum atomic E-state index is -1.02. The molecule has 0 bridgehead atoms. The van der Waals surface area contributed by atoms with Crippen molar-refractivity contribution in [1.29, 1.82) is 0 Å². The Labute approximate surface area is 113 Å². The van der Waals surface area contributed by atoms with E-state index >= 15 is 0 Å². The molecule has 0 aliphatic carbocycles. The summed E-state index contributed by atoms with van der Waals surface area (Å²) >= 11 is 0. The van der Waals surface area contributed by atoms with E-state index < -0.39 is 17.8 Å². The fourth-order valence-electron chi connectivity index (χ4n) is 1.70. The van der Waals surface area contributed by atoms with Crippen molar-refractivity contribution in [3.63, 3.8) is 0 Å². The van der Waals surface area contributed by atoms with Gasteiger partial charge in [0.25, 0.3) is 5.91 Å². The first kappa shape index (κ1) is 13.7. The SMILES string of the molecule is C[C@@H](NC(=O)c1cn[nH]c1F)c1ccc(C(=O)O)cc1. The van der Waals surface area contributed by atoms with Gasteiger partial charge in [0.05, 0.1) is 17.8 Å². The first-order valence-corrected chi connectivity index (χ1v) is 5.82. The number of hydrogen-bond acceptors (Lipinski definition) is 3. The number of aromatic nitrogens is 2. The van der Waals surface area contributed by atoms with E-state index in [2.05, 4.69) is 10.4 Å². The van der Waals surface area contributed by atoms with Crippen LogP contribution in [0.3, 0.4) is 0 Å². The molecule has 1 amide bonds. The van der Waals surface area contributed by atoms with Gasteiger partial charge in [-0.25, -0.2) is 4.79 Å². The molecule has 1 aromatic carbocycles. The van der Waals surface area contributed by atoms with Crippen molar-refractivity contribution in [3.05, 3.63) is 53.1 Å². The maximum atomic E-state index is 13.2. The van der Waals surface area contributed by atoms with Gasteiger partial charge < -0.3 is 10.4 Å². The third-order valence-corrected chi connectivity index (χ3v) is 2.84. The van der Waals surface area contributed by atoms with Gasteiger partial charge in [0.2, 0.25) is 5.95 Å². The van der Waals surface area contributed by atoms with Crippen LogP contribution in [0.2, 0.25) is 0 Å². The van der Waals surface area contributed by atoms with Gasteiger partial charge in [-0.2, -0.15) is 9.49 Å². The van der Waals surface area contributed by atoms with E-state index in [1.807, 2.05) is 5.10 Å². The molecule has 2 rings (SSSR count). The highest BCUT2D eigenvalue weighted by molar-refractivity contribution is 5.94. The van der Waals surface area contributed by atoms with Crippen LogP contribution < -0.4 is 5.32 Å². The number of rotatable bonds is 4. The average molecular weight is 277 g/mol. The number of hydrogen-bond donors (Lipinski definition) is 3. The third-order valence-electron chi connectivity index (χ3n) is 2.84. The van der Waals surface area contributed by atoms with Crippen molar-refractivity contribution in [2.75, 3.05) is 0 Å². The molecule has 0 spiro atoms. The molecule has 0 unspecified atom stereocenters. The second-order valence-corrected chi connectivity index (χ2v) is 4.22. The standard InChI is InChI=1S/C13H12FN3O3/c1-7(8-2-4-9(5-3-8)13(19)20)16-12(18)10-6-15-17-11(10)14/h2-7H,1H3,(H,15,17)(H,16,18)(H,19,20)/t7-/m1/s1. The molecular formula is C13H12FN3O3. The van der Waals surface area contributed by atoms with Crippen LogP contribution in [0.5, 0.6) is 0 Å². The highest BCUT2D eigenvalue weighted by atomic mass is 19.1. The summed E-state index contributed by atoms with van der Waals surface area (Å²) < 4.78 is 13.2. The molecule has 7 heteroatoms. The number of H-pyrrole nitrogens is 1. The van der Waals surface area contributed by atoms with Gasteiger partial charge in [-0.1, -0.05) is 12.1 Å². The van der Waals surface area contributed by atoms with Crippen LogP contribution in [-0.2, 0) is 0 Å². The zero-order valence-corrected chi connectivity index (χ0v) is 10.6. The van der Waals surface area contributed by atoms with E-state index in [0.29, 0.717) is 5.56 Å². The van der Waals surface area contributed by atoms with E-state index in [-0.39, 0.29) is 17.2 Å². The first-order chi connectivity index (χ1) is 9.49. The largest absolute Gasteiger partial charge is 0.478 e. The smallest absolute Gasteiger partial charge is 0.335 e. The fraction of sp³-hybridized carbons (Fsp3) is 0.154. The van der Waals surface area contributed by atoms with Gasteiger partial charge in [-0.15, -0.1) is 0 Å². The summed E-state index contributed by atoms with van der Waals surface area (Å²) in [5, 5.41) is 16.9. The van der Waals surface area contributed by atoms with E-state index in [0.717, 1.165) is 6.20 Å². The second kappa shape index (κ2) is 5.52. The number of nitrogens with zero attached hydrogens (tertiary/aromatic N) is 1. The highest BCUT2D eigenvalue weighted by Crippen LogP contribution is 2.14. The van der Waals surface area contributed by atoms with Gasteiger partial charge in [0, 0.05) is 0 Å². The molecule has 0 saturated carbocycles. The van der Waals surface area contributed by atoms with Gasteiger partial charge in [0.1, 0.15) is 5.56 Å². The number of carbonyl (C=O) groups excluding carboxylic acids is 1. The van der Waals surface area contributed by atoms with Gasteiger partial charge in [-0.05, 0) is 24.6 Å². The topological polar surface area (TPSA) is 95.1 Å². The predicted octanol–water partition coefficient (Wildman–Crippen LogP) is 1.74. The Bertz CT molecular complexity index is 637. The number of carboxylic acid groups (broad SMARTS) is 1. The Balaban J connectivity index is 2.08. The van der Waals surface area contributed by atoms with Crippen LogP contribution in [0.4, 0.5) is 4.39 Å². The van der Waals surface area contributed by atoms with Crippen LogP contribution in [0.15, 0.2) is 30.5 Å². The number of halogens is 1. The Hall–Kier alpha value is -2.70. The van der Waals surface area contributed by atoms with E-state index in [4.69, 9.17) is 5.11 Å². The minimum Gasteiger partial charge on any atom is -0.478 e. The molecule has 20 heavy (non-hydrogen) atoms. The van der Waals surface area contributed by atoms with Crippen molar-refractivity contribution in [1.82, 2.24) is 15.5 Å². The van der Waals surface area contributed by atoms with Gasteiger partial charge in [-0.3, -0.25) is 9.89 Å². The van der Waals surface area contributed by atoms with Crippen LogP contribution in [0.25, 0.3) is 0 Å². The van der Waals surface area contributed by atoms with E-state index in [1.54, 1.807) is 19.1 Å². The summed E-state index contributed by atoms with van der Waals surface area (Å²) in [4.78, 5) is 22.5. The molecule has 1 heterocycles. The summed E-state index contributed by atoms with van der Waals surface area (Å²) in [6, 6.07) is 5.69. The second-order valence-electron chi connectivity index (χ2n) is 4.22. The Morgan fingerprint density at radius 1 is 1.35 bits per heavy atom. The molecule has 6 nitrogen and oxygen atoms in total. The average Bonchev–Trinajstić information content (AvgIpc) is 2.85. The lowest BCUT2D eigenvalue weighted by atomic mass is 10.1.